The van der Waals surface area contributed by atoms with Crippen LogP contribution in [-0.4, -0.2) is 24.2 Å². The highest BCUT2D eigenvalue weighted by molar-refractivity contribution is 6.89. The average molecular weight is 1280 g/mol. The van der Waals surface area contributed by atoms with Gasteiger partial charge in [0, 0.05) is 90.9 Å². The summed E-state index contributed by atoms with van der Waals surface area (Å²) in [6.45, 7) is 39.1. The molecule has 15 aromatic rings. The SMILES string of the molecule is Cc1cc2c(oc3cc(F)ccc32)c(-c2cc(C)c3ccc([Si](C)(C)C)cc3[n+]2C)c1C.Cc1cc2c(oc3ccccc32)c(-c2cc(C)c3ccc([Si](C)(C)C)cc3[n+]2C)c1C.Cc1ccc2c(oc3ccccc32)c1-c1cc(C)c2ccc([Si](C)(C)C)cc2[n+]1C. The fraction of sp³-hybridized carbons (Fsp3) is 0.241. The Labute approximate surface area is 549 Å². The lowest BCUT2D eigenvalue weighted by atomic mass is 9.95. The highest BCUT2D eigenvalue weighted by Gasteiger charge is 2.30. The van der Waals surface area contributed by atoms with Crippen LogP contribution in [0, 0.1) is 61.2 Å². The van der Waals surface area contributed by atoms with Crippen molar-refractivity contribution in [3.05, 3.63) is 214 Å². The number of fused-ring (bicyclic) bond motifs is 12. The predicted molar refractivity (Wildman–Crippen MR) is 400 cm³/mol. The minimum absolute atomic E-state index is 0.280. The maximum Gasteiger partial charge on any atom is 0.217 e. The predicted octanol–water partition coefficient (Wildman–Crippen LogP) is 19.9. The van der Waals surface area contributed by atoms with Crippen LogP contribution in [0.4, 0.5) is 4.39 Å². The van der Waals surface area contributed by atoms with E-state index < -0.39 is 24.2 Å². The third kappa shape index (κ3) is 10.9. The Morgan fingerprint density at radius 1 is 0.290 bits per heavy atom. The Bertz CT molecular complexity index is 5610. The van der Waals surface area contributed by atoms with Gasteiger partial charge in [0.2, 0.25) is 33.6 Å². The summed E-state index contributed by atoms with van der Waals surface area (Å²) < 4.78 is 40.1. The van der Waals surface area contributed by atoms with Crippen molar-refractivity contribution < 1.29 is 31.3 Å². The Morgan fingerprint density at radius 3 is 1.03 bits per heavy atom. The van der Waals surface area contributed by atoms with E-state index in [1.165, 1.54) is 149 Å². The molecule has 0 saturated heterocycles. The van der Waals surface area contributed by atoms with Crippen molar-refractivity contribution in [1.29, 1.82) is 0 Å². The van der Waals surface area contributed by atoms with Crippen LogP contribution in [0.3, 0.4) is 0 Å². The minimum atomic E-state index is -1.45. The van der Waals surface area contributed by atoms with Crippen LogP contribution in [0.15, 0.2) is 177 Å². The van der Waals surface area contributed by atoms with E-state index in [0.29, 0.717) is 5.58 Å². The van der Waals surface area contributed by atoms with Crippen molar-refractivity contribution in [3.63, 3.8) is 0 Å². The second-order valence-corrected chi connectivity index (χ2v) is 44.7. The van der Waals surface area contributed by atoms with E-state index in [1.807, 2.05) is 18.2 Å². The van der Waals surface area contributed by atoms with Gasteiger partial charge in [-0.05, 0) is 154 Å². The van der Waals surface area contributed by atoms with Gasteiger partial charge in [0.05, 0.1) is 40.9 Å². The van der Waals surface area contributed by atoms with E-state index >= 15 is 0 Å². The standard InChI is InChI=1S/C28H29FNOSi.C28H30NOSi.C27H28NOSi/c1-16-12-23-22-10-8-19(29)14-26(22)31-28(23)27(18(16)3)25-13-17(2)21-11-9-20(32(5,6)7)15-24(21)30(25)4;1-17-14-23-22-10-8-9-11-26(22)30-28(23)27(19(17)3)25-15-18(2)21-13-12-20(31(5,6)7)16-24(21)29(25)4;1-17-11-13-22-21-9-7-8-10-25(21)29-27(22)26(17)24-15-18(2)20-14-12-19(30(4,5)6)16-23(20)28(24)3/h8-15H,1-7H3;8-16H,1-7H3;7-16H,1-6H3/q3*+1. The summed E-state index contributed by atoms with van der Waals surface area (Å²) in [6.07, 6.45) is 0. The van der Waals surface area contributed by atoms with E-state index in [4.69, 9.17) is 13.3 Å². The third-order valence-corrected chi connectivity index (χ3v) is 26.2. The number of hydrogen-bond donors (Lipinski definition) is 0. The van der Waals surface area contributed by atoms with Crippen molar-refractivity contribution in [2.45, 2.75) is 114 Å². The first-order valence-electron chi connectivity index (χ1n) is 32.8. The van der Waals surface area contributed by atoms with Crippen molar-refractivity contribution in [1.82, 2.24) is 0 Å². The molecule has 6 heterocycles. The fourth-order valence-corrected chi connectivity index (χ4v) is 17.6. The second-order valence-electron chi connectivity index (χ2n) is 29.5. The smallest absolute Gasteiger partial charge is 0.217 e. The number of hydrogen-bond acceptors (Lipinski definition) is 3. The monoisotopic (exact) mass is 1280 g/mol. The Hall–Kier alpha value is -8.81. The molecule has 0 fully saturated rings. The van der Waals surface area contributed by atoms with Crippen LogP contribution in [0.2, 0.25) is 58.9 Å². The number of pyridine rings is 3. The number of furan rings is 3. The molecule has 0 aliphatic carbocycles. The molecule has 0 radical (unpaired) electrons. The molecule has 0 N–H and O–H groups in total. The first-order chi connectivity index (χ1) is 44.0. The van der Waals surface area contributed by atoms with Gasteiger partial charge < -0.3 is 13.3 Å². The quantitative estimate of drug-likeness (QED) is 0.123. The van der Waals surface area contributed by atoms with Crippen molar-refractivity contribution >= 4 is 138 Å². The van der Waals surface area contributed by atoms with Gasteiger partial charge in [-0.2, -0.15) is 13.7 Å². The molecule has 15 rings (SSSR count). The van der Waals surface area contributed by atoms with Crippen LogP contribution in [0.5, 0.6) is 0 Å². The summed E-state index contributed by atoms with van der Waals surface area (Å²) >= 11 is 0. The molecule has 6 nitrogen and oxygen atoms in total. The van der Waals surface area contributed by atoms with Crippen LogP contribution < -0.4 is 29.3 Å². The topological polar surface area (TPSA) is 51.1 Å². The molecule has 0 bridgehead atoms. The molecule has 0 spiro atoms. The van der Waals surface area contributed by atoms with Gasteiger partial charge in [0.15, 0.2) is 0 Å². The molecule has 9 aromatic carbocycles. The zero-order valence-electron chi connectivity index (χ0n) is 58.0. The number of para-hydroxylation sites is 2. The molecule has 10 heteroatoms. The fourth-order valence-electron chi connectivity index (χ4n) is 14.1. The lowest BCUT2D eigenvalue weighted by Crippen LogP contribution is -2.40. The van der Waals surface area contributed by atoms with E-state index in [2.05, 4.69) is 283 Å². The van der Waals surface area contributed by atoms with Gasteiger partial charge >= 0.3 is 0 Å². The van der Waals surface area contributed by atoms with Crippen LogP contribution in [0.25, 0.3) is 132 Å². The van der Waals surface area contributed by atoms with Gasteiger partial charge in [-0.1, -0.05) is 141 Å². The van der Waals surface area contributed by atoms with E-state index in [9.17, 15) is 4.39 Å². The summed E-state index contributed by atoms with van der Waals surface area (Å²) in [5, 5.41) is 15.0. The average Bonchev–Trinajstić information content (AvgIpc) is 1.72. The summed E-state index contributed by atoms with van der Waals surface area (Å²) in [7, 11) is 2.27. The van der Waals surface area contributed by atoms with Gasteiger partial charge in [-0.15, -0.1) is 0 Å². The highest BCUT2D eigenvalue weighted by Crippen LogP contribution is 2.43. The maximum atomic E-state index is 13.9. The zero-order valence-corrected chi connectivity index (χ0v) is 61.0. The Balaban J connectivity index is 0.000000127. The summed E-state index contributed by atoms with van der Waals surface area (Å²) in [4.78, 5) is 0. The molecule has 93 heavy (non-hydrogen) atoms. The number of rotatable bonds is 6. The molecule has 468 valence electrons. The van der Waals surface area contributed by atoms with Gasteiger partial charge in [0.1, 0.15) is 60.5 Å². The summed E-state index contributed by atoms with van der Waals surface area (Å²) in [5.74, 6) is -0.280. The van der Waals surface area contributed by atoms with Crippen LogP contribution in [-0.2, 0) is 21.1 Å². The Morgan fingerprint density at radius 2 is 0.624 bits per heavy atom. The van der Waals surface area contributed by atoms with Crippen molar-refractivity contribution in [2.24, 2.45) is 21.1 Å². The van der Waals surface area contributed by atoms with Crippen molar-refractivity contribution in [2.75, 3.05) is 0 Å². The normalized spacial score (nSPS) is 12.4. The number of benzene rings is 9. The highest BCUT2D eigenvalue weighted by atomic mass is 28.3. The maximum absolute atomic E-state index is 13.9. The Kier molecular flexibility index (Phi) is 15.6. The lowest BCUT2D eigenvalue weighted by Gasteiger charge is -2.17. The molecular formula is C83H87FN3O3Si3+3. The molecule has 0 aliphatic rings. The van der Waals surface area contributed by atoms with Crippen LogP contribution in [0.1, 0.15) is 44.5 Å². The number of aryl methyl sites for hydroxylation is 9. The first kappa shape index (κ1) is 63.0. The molecular weight excluding hydrogens is 1190 g/mol. The largest absolute Gasteiger partial charge is 0.455 e. The molecule has 0 aliphatic heterocycles. The lowest BCUT2D eigenvalue weighted by molar-refractivity contribution is -0.633. The van der Waals surface area contributed by atoms with Crippen molar-refractivity contribution in [3.8, 4) is 33.8 Å². The molecule has 0 saturated carbocycles. The minimum Gasteiger partial charge on any atom is -0.455 e. The molecule has 0 unspecified atom stereocenters. The number of nitrogens with zero attached hydrogens (tertiary/aromatic N) is 3. The van der Waals surface area contributed by atoms with Gasteiger partial charge in [-0.3, -0.25) is 0 Å². The third-order valence-electron chi connectivity index (χ3n) is 20.1. The van der Waals surface area contributed by atoms with Crippen LogP contribution >= 0.6 is 0 Å². The van der Waals surface area contributed by atoms with Gasteiger partial charge in [-0.25, -0.2) is 4.39 Å². The zero-order chi connectivity index (χ0) is 66.2. The molecule has 0 amide bonds. The van der Waals surface area contributed by atoms with Gasteiger partial charge in [0.25, 0.3) is 0 Å². The molecule has 6 aromatic heterocycles. The second kappa shape index (κ2) is 23.0. The molecule has 0 atom stereocenters. The number of aromatic nitrogens is 3. The first-order valence-corrected chi connectivity index (χ1v) is 43.3. The summed E-state index contributed by atoms with van der Waals surface area (Å²) in [5.41, 5.74) is 26.1. The summed E-state index contributed by atoms with van der Waals surface area (Å²) in [6, 6.07) is 58.2. The van der Waals surface area contributed by atoms with E-state index in [0.717, 1.165) is 49.9 Å². The number of halogens is 1. The van der Waals surface area contributed by atoms with E-state index in [-0.39, 0.29) is 5.82 Å². The van der Waals surface area contributed by atoms with E-state index in [1.54, 1.807) is 0 Å².